The number of nitrogens with one attached hydrogen (secondary N) is 1. The number of rotatable bonds is 8. The second kappa shape index (κ2) is 9.39. The molecule has 6 heteroatoms. The Balaban J connectivity index is 2.34. The molecule has 1 aromatic rings. The highest BCUT2D eigenvalue weighted by molar-refractivity contribution is 5.99. The van der Waals surface area contributed by atoms with Crippen molar-refractivity contribution >= 4 is 11.9 Å². The number of carbonyl (C=O) groups excluding carboxylic acids is 1. The van der Waals surface area contributed by atoms with E-state index in [2.05, 4.69) is 19.9 Å². The van der Waals surface area contributed by atoms with Gasteiger partial charge >= 0.3 is 0 Å². The van der Waals surface area contributed by atoms with Crippen LogP contribution in [0.4, 0.5) is 4.39 Å². The Morgan fingerprint density at radius 3 is 2.72 bits per heavy atom. The Morgan fingerprint density at radius 2 is 2.17 bits per heavy atom. The fraction of sp³-hybridized carbons (Fsp3) is 0.609. The number of nitrogens with zero attached hydrogens (tertiary/aromatic N) is 2. The minimum absolute atomic E-state index is 0.0695. The molecule has 0 heterocycles. The van der Waals surface area contributed by atoms with Gasteiger partial charge in [0.2, 0.25) is 5.91 Å². The van der Waals surface area contributed by atoms with Crippen LogP contribution in [-0.4, -0.2) is 29.0 Å². The number of benzene rings is 1. The van der Waals surface area contributed by atoms with Crippen LogP contribution in [0.5, 0.6) is 0 Å². The summed E-state index contributed by atoms with van der Waals surface area (Å²) in [5.41, 5.74) is 6.38. The number of guanidine groups is 1. The summed E-state index contributed by atoms with van der Waals surface area (Å²) in [5, 5.41) is 17.1. The first-order valence-electron chi connectivity index (χ1n) is 10.4. The molecule has 29 heavy (non-hydrogen) atoms. The lowest BCUT2D eigenvalue weighted by Crippen LogP contribution is -2.49. The average Bonchev–Trinajstić information content (AvgIpc) is 3.01. The topological polar surface area (TPSA) is 94.0 Å². The summed E-state index contributed by atoms with van der Waals surface area (Å²) in [4.78, 5) is 14.5. The highest BCUT2D eigenvalue weighted by Gasteiger charge is 2.41. The molecule has 1 aliphatic carbocycles. The third-order valence-corrected chi connectivity index (χ3v) is 5.89. The molecule has 2 rings (SSSR count). The van der Waals surface area contributed by atoms with E-state index in [1.165, 1.54) is 13.8 Å². The van der Waals surface area contributed by atoms with Gasteiger partial charge in [0.15, 0.2) is 5.96 Å². The summed E-state index contributed by atoms with van der Waals surface area (Å²) >= 11 is 0. The zero-order valence-electron chi connectivity index (χ0n) is 18.0. The molecule has 158 valence electrons. The number of amides is 1. The van der Waals surface area contributed by atoms with Gasteiger partial charge in [0, 0.05) is 0 Å². The molecule has 0 saturated heterocycles. The number of hydrogen-bond acceptors (Lipinski definition) is 3. The number of fused-ring (bicyclic) bond motifs is 1. The van der Waals surface area contributed by atoms with Crippen LogP contribution >= 0.6 is 0 Å². The normalized spacial score (nSPS) is 19.3. The van der Waals surface area contributed by atoms with E-state index in [0.29, 0.717) is 11.5 Å². The number of nitrogens with two attached hydrogens (primary N) is 1. The summed E-state index contributed by atoms with van der Waals surface area (Å²) < 4.78 is 14.3. The van der Waals surface area contributed by atoms with Gasteiger partial charge in [-0.05, 0) is 61.8 Å². The van der Waals surface area contributed by atoms with Crippen LogP contribution < -0.4 is 5.73 Å². The first kappa shape index (κ1) is 22.9. The fourth-order valence-electron chi connectivity index (χ4n) is 4.16. The molecule has 0 fully saturated rings. The van der Waals surface area contributed by atoms with Crippen molar-refractivity contribution in [2.75, 3.05) is 6.54 Å². The van der Waals surface area contributed by atoms with Gasteiger partial charge in [-0.2, -0.15) is 5.26 Å². The maximum Gasteiger partial charge on any atom is 0.237 e. The highest BCUT2D eigenvalue weighted by atomic mass is 19.1. The molecule has 1 amide bonds. The first-order valence-corrected chi connectivity index (χ1v) is 10.4. The molecule has 1 aromatic carbocycles. The standard InChI is InChI=1S/C23H33FN4O/c1-5-15(2)7-6-8-18-12-17-10-9-16(13-25)11-19(17)20(18)21(29)28(22(26)27)14-23(3,4)24/h9-11,15,18,20H,5-8,12,14H2,1-4H3,(H3,26,27)/t15?,18-,20-/m0/s1. The van der Waals surface area contributed by atoms with E-state index in [9.17, 15) is 14.4 Å². The highest BCUT2D eigenvalue weighted by Crippen LogP contribution is 2.42. The Morgan fingerprint density at radius 1 is 1.48 bits per heavy atom. The Hall–Kier alpha value is -2.42. The van der Waals surface area contributed by atoms with Gasteiger partial charge in [0.25, 0.3) is 0 Å². The molecule has 0 spiro atoms. The summed E-state index contributed by atoms with van der Waals surface area (Å²) in [7, 11) is 0. The smallest absolute Gasteiger partial charge is 0.237 e. The van der Waals surface area contributed by atoms with Gasteiger partial charge in [-0.15, -0.1) is 0 Å². The van der Waals surface area contributed by atoms with E-state index >= 15 is 0 Å². The van der Waals surface area contributed by atoms with Crippen molar-refractivity contribution in [3.05, 3.63) is 34.9 Å². The van der Waals surface area contributed by atoms with Crippen molar-refractivity contribution in [3.8, 4) is 6.07 Å². The third-order valence-electron chi connectivity index (χ3n) is 5.89. The van der Waals surface area contributed by atoms with Gasteiger partial charge in [0.1, 0.15) is 5.67 Å². The van der Waals surface area contributed by atoms with Crippen molar-refractivity contribution in [2.24, 2.45) is 17.6 Å². The first-order chi connectivity index (χ1) is 13.6. The van der Waals surface area contributed by atoms with E-state index in [0.717, 1.165) is 48.1 Å². The van der Waals surface area contributed by atoms with Gasteiger partial charge in [-0.1, -0.05) is 39.2 Å². The van der Waals surface area contributed by atoms with Crippen LogP contribution in [0.25, 0.3) is 0 Å². The Bertz CT molecular complexity index is 793. The Kier molecular flexibility index (Phi) is 7.40. The van der Waals surface area contributed by atoms with E-state index in [4.69, 9.17) is 11.1 Å². The predicted molar refractivity (Wildman–Crippen MR) is 113 cm³/mol. The lowest BCUT2D eigenvalue weighted by Gasteiger charge is -2.31. The molecule has 0 bridgehead atoms. The number of hydrogen-bond donors (Lipinski definition) is 2. The quantitative estimate of drug-likeness (QED) is 0.497. The van der Waals surface area contributed by atoms with E-state index in [1.807, 2.05) is 6.07 Å². The van der Waals surface area contributed by atoms with Gasteiger partial charge in [-0.25, -0.2) is 4.39 Å². The van der Waals surface area contributed by atoms with Gasteiger partial charge in [-0.3, -0.25) is 15.1 Å². The SMILES string of the molecule is CCC(C)CCC[C@H]1Cc2ccc(C#N)cc2[C@H]1C(=O)N(CC(C)(C)F)C(=N)N. The maximum atomic E-state index is 14.3. The molecule has 1 aliphatic rings. The number of carbonyl (C=O) groups is 1. The molecule has 0 radical (unpaired) electrons. The minimum Gasteiger partial charge on any atom is -0.370 e. The third kappa shape index (κ3) is 5.79. The van der Waals surface area contributed by atoms with Gasteiger partial charge < -0.3 is 5.73 Å². The predicted octanol–water partition coefficient (Wildman–Crippen LogP) is 4.50. The van der Waals surface area contributed by atoms with Crippen LogP contribution in [0.2, 0.25) is 0 Å². The average molecular weight is 401 g/mol. The van der Waals surface area contributed by atoms with Crippen molar-refractivity contribution < 1.29 is 9.18 Å². The largest absolute Gasteiger partial charge is 0.370 e. The van der Waals surface area contributed by atoms with Crippen molar-refractivity contribution in [3.63, 3.8) is 0 Å². The number of nitriles is 1. The minimum atomic E-state index is -1.66. The van der Waals surface area contributed by atoms with Crippen LogP contribution in [-0.2, 0) is 11.2 Å². The fourth-order valence-corrected chi connectivity index (χ4v) is 4.16. The summed E-state index contributed by atoms with van der Waals surface area (Å²) in [5.74, 6) is -0.574. The lowest BCUT2D eigenvalue weighted by atomic mass is 9.85. The van der Waals surface area contributed by atoms with Crippen molar-refractivity contribution in [1.82, 2.24) is 4.90 Å². The molecule has 3 atom stereocenters. The zero-order valence-corrected chi connectivity index (χ0v) is 18.0. The Labute approximate surface area is 173 Å². The molecule has 0 aromatic heterocycles. The monoisotopic (exact) mass is 400 g/mol. The molecule has 5 nitrogen and oxygen atoms in total. The maximum absolute atomic E-state index is 14.3. The summed E-state index contributed by atoms with van der Waals surface area (Å²) in [6.07, 6.45) is 4.87. The second-order valence-corrected chi connectivity index (χ2v) is 8.94. The lowest BCUT2D eigenvalue weighted by molar-refractivity contribution is -0.131. The second-order valence-electron chi connectivity index (χ2n) is 8.94. The van der Waals surface area contributed by atoms with Crippen LogP contribution in [0.1, 0.15) is 76.0 Å². The number of halogens is 1. The van der Waals surface area contributed by atoms with Gasteiger partial charge in [0.05, 0.1) is 24.1 Å². The molecule has 0 saturated carbocycles. The summed E-state index contributed by atoms with van der Waals surface area (Å²) in [6, 6.07) is 7.59. The van der Waals surface area contributed by atoms with Crippen LogP contribution in [0.15, 0.2) is 18.2 Å². The molecule has 3 N–H and O–H groups in total. The van der Waals surface area contributed by atoms with Crippen LogP contribution in [0.3, 0.4) is 0 Å². The molecular weight excluding hydrogens is 367 g/mol. The summed E-state index contributed by atoms with van der Waals surface area (Å²) in [6.45, 7) is 6.89. The van der Waals surface area contributed by atoms with E-state index in [-0.39, 0.29) is 18.4 Å². The van der Waals surface area contributed by atoms with E-state index in [1.54, 1.807) is 12.1 Å². The van der Waals surface area contributed by atoms with Crippen LogP contribution in [0, 0.1) is 28.6 Å². The molecule has 0 aliphatic heterocycles. The molecular formula is C23H33FN4O. The van der Waals surface area contributed by atoms with E-state index < -0.39 is 17.5 Å². The molecule has 1 unspecified atom stereocenters. The number of alkyl halides is 1. The van der Waals surface area contributed by atoms with Crippen molar-refractivity contribution in [2.45, 2.75) is 71.4 Å². The zero-order chi connectivity index (χ0) is 21.8. The van der Waals surface area contributed by atoms with Crippen molar-refractivity contribution in [1.29, 1.82) is 10.7 Å².